The van der Waals surface area contributed by atoms with E-state index in [1.807, 2.05) is 6.08 Å². The van der Waals surface area contributed by atoms with E-state index in [9.17, 15) is 15.0 Å². The van der Waals surface area contributed by atoms with Gasteiger partial charge in [0.15, 0.2) is 0 Å². The first-order valence-electron chi connectivity index (χ1n) is 29.3. The van der Waals surface area contributed by atoms with E-state index in [4.69, 9.17) is 0 Å². The highest BCUT2D eigenvalue weighted by atomic mass is 16.3. The lowest BCUT2D eigenvalue weighted by molar-refractivity contribution is -0.123. The standard InChI is InChI=1S/C68H109NO3/c1-3-5-7-9-11-13-15-17-19-21-23-25-26-27-28-29-30-31-32-33-34-35-36-37-38-39-40-41-42-44-46-48-50-52-54-56-58-60-62-64-68(72)69-66(65-70)67(71)63-61-59-57-55-53-51-49-47-45-43-24-22-20-18-16-14-12-10-8-6-4-2/h5,7,11,13,17,19,23,25,27-28,30-31,33-34,36-37,39-40,42,44,48,50,53-56,61,63,66-67,70-71H,3-4,6,8-10,12,14-16,18,20-22,24,26,29,32,35,38,41,43,45-47,49,51-52,57-60,62,64-65H2,1-2H3,(H,69,72)/b7-5-,13-11-,19-17-,25-23-,28-27-,31-30-,34-33-,37-36-,40-39-,44-42-,50-48-,55-53+,56-54-,63-61+. The van der Waals surface area contributed by atoms with E-state index in [2.05, 4.69) is 177 Å². The Balaban J connectivity index is 3.76. The van der Waals surface area contributed by atoms with Crippen molar-refractivity contribution in [1.82, 2.24) is 5.32 Å². The third-order valence-electron chi connectivity index (χ3n) is 12.2. The zero-order valence-electron chi connectivity index (χ0n) is 46.4. The van der Waals surface area contributed by atoms with E-state index in [0.29, 0.717) is 6.42 Å². The number of amides is 1. The predicted molar refractivity (Wildman–Crippen MR) is 321 cm³/mol. The third-order valence-corrected chi connectivity index (χ3v) is 12.2. The molecule has 0 saturated carbocycles. The van der Waals surface area contributed by atoms with Crippen LogP contribution in [-0.2, 0) is 4.79 Å². The molecule has 404 valence electrons. The number of carbonyl (C=O) groups is 1. The molecule has 0 aromatic carbocycles. The summed E-state index contributed by atoms with van der Waals surface area (Å²) in [7, 11) is 0. The van der Waals surface area contributed by atoms with Crippen LogP contribution in [0.15, 0.2) is 170 Å². The second-order valence-corrected chi connectivity index (χ2v) is 19.0. The minimum Gasteiger partial charge on any atom is -0.394 e. The molecule has 0 aliphatic rings. The van der Waals surface area contributed by atoms with Gasteiger partial charge in [-0.3, -0.25) is 4.79 Å². The Hall–Kier alpha value is -4.25. The molecule has 4 nitrogen and oxygen atoms in total. The van der Waals surface area contributed by atoms with Crippen LogP contribution in [0.5, 0.6) is 0 Å². The summed E-state index contributed by atoms with van der Waals surface area (Å²) in [5.74, 6) is -0.122. The highest BCUT2D eigenvalue weighted by Gasteiger charge is 2.17. The first kappa shape index (κ1) is 67.8. The number of allylic oxidation sites excluding steroid dienone is 27. The number of hydrogen-bond donors (Lipinski definition) is 3. The molecule has 3 N–H and O–H groups in total. The topological polar surface area (TPSA) is 69.6 Å². The molecular formula is C68H109NO3. The van der Waals surface area contributed by atoms with Gasteiger partial charge in [0.05, 0.1) is 18.8 Å². The van der Waals surface area contributed by atoms with Gasteiger partial charge in [-0.1, -0.05) is 274 Å². The van der Waals surface area contributed by atoms with Crippen molar-refractivity contribution in [2.45, 2.75) is 244 Å². The third kappa shape index (κ3) is 56.7. The molecule has 72 heavy (non-hydrogen) atoms. The SMILES string of the molecule is CC/C=C\C/C=C\C/C=C\C/C=C\C/C=C\C/C=C\C/C=C\C/C=C\C/C=C\C/C=C\C/C=C\C/C=C\CCCCC(=O)NC(CO)C(O)/C=C/CC/C=C/CCCCCCCCCCCCCCCCC. The first-order chi connectivity index (χ1) is 35.7. The summed E-state index contributed by atoms with van der Waals surface area (Å²) in [5.41, 5.74) is 0. The zero-order valence-corrected chi connectivity index (χ0v) is 46.4. The Bertz CT molecular complexity index is 1590. The number of aliphatic hydroxyl groups excluding tert-OH is 2. The van der Waals surface area contributed by atoms with E-state index < -0.39 is 12.1 Å². The van der Waals surface area contributed by atoms with Gasteiger partial charge in [0, 0.05) is 6.42 Å². The van der Waals surface area contributed by atoms with Gasteiger partial charge in [-0.15, -0.1) is 0 Å². The van der Waals surface area contributed by atoms with Crippen molar-refractivity contribution in [2.75, 3.05) is 6.61 Å². The van der Waals surface area contributed by atoms with Gasteiger partial charge in [-0.2, -0.15) is 0 Å². The van der Waals surface area contributed by atoms with Gasteiger partial charge in [0.25, 0.3) is 0 Å². The molecule has 1 amide bonds. The molecule has 0 aromatic heterocycles. The van der Waals surface area contributed by atoms with Crippen LogP contribution < -0.4 is 5.32 Å². The smallest absolute Gasteiger partial charge is 0.220 e. The van der Waals surface area contributed by atoms with Crippen LogP contribution in [0.25, 0.3) is 0 Å². The molecule has 0 aromatic rings. The van der Waals surface area contributed by atoms with Gasteiger partial charge in [-0.25, -0.2) is 0 Å². The summed E-state index contributed by atoms with van der Waals surface area (Å²) in [6.07, 6.45) is 99.4. The lowest BCUT2D eigenvalue weighted by Gasteiger charge is -2.19. The lowest BCUT2D eigenvalue weighted by atomic mass is 10.0. The van der Waals surface area contributed by atoms with Gasteiger partial charge in [0.2, 0.25) is 5.91 Å². The number of carbonyl (C=O) groups excluding carboxylic acids is 1. The average Bonchev–Trinajstić information content (AvgIpc) is 3.39. The molecule has 0 fully saturated rings. The maximum Gasteiger partial charge on any atom is 0.220 e. The maximum atomic E-state index is 12.5. The molecule has 0 heterocycles. The molecule has 4 heteroatoms. The monoisotopic (exact) mass is 988 g/mol. The summed E-state index contributed by atoms with van der Waals surface area (Å²) in [6.45, 7) is 4.16. The Morgan fingerprint density at radius 2 is 0.625 bits per heavy atom. The molecule has 0 aliphatic heterocycles. The van der Waals surface area contributed by atoms with Crippen molar-refractivity contribution in [1.29, 1.82) is 0 Å². The Morgan fingerprint density at radius 3 is 0.972 bits per heavy atom. The van der Waals surface area contributed by atoms with Crippen LogP contribution in [0.2, 0.25) is 0 Å². The zero-order chi connectivity index (χ0) is 52.0. The van der Waals surface area contributed by atoms with E-state index >= 15 is 0 Å². The first-order valence-corrected chi connectivity index (χ1v) is 29.3. The number of nitrogens with one attached hydrogen (secondary N) is 1. The second-order valence-electron chi connectivity index (χ2n) is 19.0. The molecular weight excluding hydrogens is 879 g/mol. The van der Waals surface area contributed by atoms with Crippen molar-refractivity contribution in [3.05, 3.63) is 170 Å². The number of rotatable bonds is 51. The van der Waals surface area contributed by atoms with Crippen LogP contribution >= 0.6 is 0 Å². The highest BCUT2D eigenvalue weighted by molar-refractivity contribution is 5.76. The van der Waals surface area contributed by atoms with Crippen molar-refractivity contribution in [3.63, 3.8) is 0 Å². The molecule has 0 radical (unpaired) electrons. The van der Waals surface area contributed by atoms with Crippen LogP contribution in [0, 0.1) is 0 Å². The summed E-state index contributed by atoms with van der Waals surface area (Å²) in [4.78, 5) is 12.5. The van der Waals surface area contributed by atoms with Crippen molar-refractivity contribution < 1.29 is 15.0 Å². The van der Waals surface area contributed by atoms with Gasteiger partial charge < -0.3 is 15.5 Å². The summed E-state index contributed by atoms with van der Waals surface area (Å²) >= 11 is 0. The van der Waals surface area contributed by atoms with Gasteiger partial charge in [-0.05, 0) is 122 Å². The van der Waals surface area contributed by atoms with Crippen LogP contribution in [0.3, 0.4) is 0 Å². The maximum absolute atomic E-state index is 12.5. The number of aliphatic hydroxyl groups is 2. The van der Waals surface area contributed by atoms with Crippen molar-refractivity contribution in [2.24, 2.45) is 0 Å². The fourth-order valence-electron chi connectivity index (χ4n) is 7.76. The van der Waals surface area contributed by atoms with Gasteiger partial charge >= 0.3 is 0 Å². The fourth-order valence-corrected chi connectivity index (χ4v) is 7.76. The van der Waals surface area contributed by atoms with Crippen molar-refractivity contribution in [3.8, 4) is 0 Å². The minimum absolute atomic E-state index is 0.122. The lowest BCUT2D eigenvalue weighted by Crippen LogP contribution is -2.45. The fraction of sp³-hybridized carbons (Fsp3) is 0.574. The summed E-state index contributed by atoms with van der Waals surface area (Å²) in [6, 6.07) is -0.676. The Kier molecular flexibility index (Phi) is 57.4. The summed E-state index contributed by atoms with van der Waals surface area (Å²) < 4.78 is 0. The second kappa shape index (κ2) is 61.1. The quantitative estimate of drug-likeness (QED) is 0.0420. The van der Waals surface area contributed by atoms with E-state index in [0.717, 1.165) is 116 Å². The largest absolute Gasteiger partial charge is 0.394 e. The molecule has 0 saturated heterocycles. The number of hydrogen-bond acceptors (Lipinski definition) is 3. The van der Waals surface area contributed by atoms with E-state index in [1.54, 1.807) is 6.08 Å². The van der Waals surface area contributed by atoms with E-state index in [-0.39, 0.29) is 12.5 Å². The summed E-state index contributed by atoms with van der Waals surface area (Å²) in [5, 5.41) is 23.1. The highest BCUT2D eigenvalue weighted by Crippen LogP contribution is 2.14. The molecule has 2 unspecified atom stereocenters. The van der Waals surface area contributed by atoms with E-state index in [1.165, 1.54) is 96.3 Å². The Morgan fingerprint density at radius 1 is 0.347 bits per heavy atom. The predicted octanol–water partition coefficient (Wildman–Crippen LogP) is 19.9. The normalized spacial score (nSPS) is 14.1. The van der Waals surface area contributed by atoms with Gasteiger partial charge in [0.1, 0.15) is 0 Å². The average molecular weight is 989 g/mol. The molecule has 0 rings (SSSR count). The van der Waals surface area contributed by atoms with Crippen molar-refractivity contribution >= 4 is 5.91 Å². The molecule has 0 aliphatic carbocycles. The number of unbranched alkanes of at least 4 members (excludes halogenated alkanes) is 18. The van der Waals surface area contributed by atoms with Crippen LogP contribution in [0.4, 0.5) is 0 Å². The molecule has 0 bridgehead atoms. The van der Waals surface area contributed by atoms with Crippen LogP contribution in [-0.4, -0.2) is 34.9 Å². The Labute approximate surface area is 445 Å². The van der Waals surface area contributed by atoms with Crippen LogP contribution in [0.1, 0.15) is 232 Å². The molecule has 2 atom stereocenters. The minimum atomic E-state index is -0.894. The molecule has 0 spiro atoms.